The second kappa shape index (κ2) is 6.93. The highest BCUT2D eigenvalue weighted by molar-refractivity contribution is 5.78. The number of carbonyl (C=O) groups excluding carboxylic acids is 1. The topological polar surface area (TPSA) is 64.0 Å². The van der Waals surface area contributed by atoms with Crippen molar-refractivity contribution in [2.75, 3.05) is 32.7 Å². The van der Waals surface area contributed by atoms with Crippen LogP contribution in [0.25, 0.3) is 0 Å². The van der Waals surface area contributed by atoms with Crippen molar-refractivity contribution >= 4 is 5.91 Å². The minimum absolute atomic E-state index is 0.0926. The van der Waals surface area contributed by atoms with Crippen LogP contribution < -0.4 is 0 Å². The normalized spacial score (nSPS) is 25.2. The molecule has 2 atom stereocenters. The van der Waals surface area contributed by atoms with Crippen molar-refractivity contribution in [2.24, 2.45) is 0 Å². The van der Waals surface area contributed by atoms with E-state index in [0.717, 1.165) is 25.9 Å². The fraction of sp³-hybridized carbons (Fsp3) is 0.917. The summed E-state index contributed by atoms with van der Waals surface area (Å²) in [5.41, 5.74) is 0. The second-order valence-electron chi connectivity index (χ2n) is 4.71. The molecule has 0 aliphatic carbocycles. The zero-order valence-corrected chi connectivity index (χ0v) is 10.8. The van der Waals surface area contributed by atoms with Crippen LogP contribution in [-0.2, 0) is 4.79 Å². The largest absolute Gasteiger partial charge is 0.389 e. The minimum Gasteiger partial charge on any atom is -0.389 e. The van der Waals surface area contributed by atoms with Gasteiger partial charge < -0.3 is 15.1 Å². The first-order chi connectivity index (χ1) is 8.08. The van der Waals surface area contributed by atoms with E-state index in [1.54, 1.807) is 0 Å². The van der Waals surface area contributed by atoms with Gasteiger partial charge in [0, 0.05) is 26.2 Å². The molecular weight excluding hydrogens is 220 g/mol. The number of amides is 1. The summed E-state index contributed by atoms with van der Waals surface area (Å²) in [6, 6.07) is 0. The molecule has 0 bridgehead atoms. The minimum atomic E-state index is -0.714. The molecule has 0 aromatic heterocycles. The quantitative estimate of drug-likeness (QED) is 0.672. The molecule has 1 saturated heterocycles. The highest BCUT2D eigenvalue weighted by Gasteiger charge is 2.31. The fourth-order valence-corrected chi connectivity index (χ4v) is 2.17. The van der Waals surface area contributed by atoms with Crippen LogP contribution in [0.4, 0.5) is 0 Å². The summed E-state index contributed by atoms with van der Waals surface area (Å²) in [6.45, 7) is 6.75. The number of aliphatic hydroxyl groups is 2. The van der Waals surface area contributed by atoms with E-state index in [-0.39, 0.29) is 5.91 Å². The predicted molar refractivity (Wildman–Crippen MR) is 65.6 cm³/mol. The molecule has 0 aromatic carbocycles. The maximum Gasteiger partial charge on any atom is 0.236 e. The van der Waals surface area contributed by atoms with E-state index in [9.17, 15) is 15.0 Å². The van der Waals surface area contributed by atoms with E-state index in [2.05, 4.69) is 13.8 Å². The molecule has 1 aliphatic heterocycles. The van der Waals surface area contributed by atoms with Gasteiger partial charge >= 0.3 is 0 Å². The Morgan fingerprint density at radius 3 is 2.06 bits per heavy atom. The number of β-amino-alcohol motifs (C(OH)–C–C–N with tert-alkyl or cyclic N) is 2. The zero-order chi connectivity index (χ0) is 12.8. The molecule has 5 nitrogen and oxygen atoms in total. The van der Waals surface area contributed by atoms with Crippen LogP contribution >= 0.6 is 0 Å². The Kier molecular flexibility index (Phi) is 5.88. The Hall–Kier alpha value is -0.650. The van der Waals surface area contributed by atoms with Crippen molar-refractivity contribution < 1.29 is 15.0 Å². The lowest BCUT2D eigenvalue weighted by atomic mass is 10.3. The van der Waals surface area contributed by atoms with Gasteiger partial charge in [-0.1, -0.05) is 13.8 Å². The number of hydrogen-bond donors (Lipinski definition) is 2. The lowest BCUT2D eigenvalue weighted by Crippen LogP contribution is -2.40. The summed E-state index contributed by atoms with van der Waals surface area (Å²) in [6.07, 6.45) is 0.482. The Morgan fingerprint density at radius 1 is 1.18 bits per heavy atom. The number of carbonyl (C=O) groups is 1. The maximum absolute atomic E-state index is 12.0. The highest BCUT2D eigenvalue weighted by Crippen LogP contribution is 2.10. The molecule has 1 fully saturated rings. The van der Waals surface area contributed by atoms with Crippen LogP contribution in [0, 0.1) is 0 Å². The number of hydrogen-bond acceptors (Lipinski definition) is 4. The molecule has 17 heavy (non-hydrogen) atoms. The second-order valence-corrected chi connectivity index (χ2v) is 4.71. The van der Waals surface area contributed by atoms with Crippen LogP contribution in [-0.4, -0.2) is 70.9 Å². The van der Waals surface area contributed by atoms with E-state index in [4.69, 9.17) is 0 Å². The van der Waals surface area contributed by atoms with Crippen LogP contribution in [0.2, 0.25) is 0 Å². The molecule has 0 saturated carbocycles. The van der Waals surface area contributed by atoms with E-state index in [0.29, 0.717) is 19.6 Å². The predicted octanol–water partition coefficient (Wildman–Crippen LogP) is -0.328. The van der Waals surface area contributed by atoms with Gasteiger partial charge in [0.2, 0.25) is 5.91 Å². The third-order valence-electron chi connectivity index (χ3n) is 3.03. The van der Waals surface area contributed by atoms with Gasteiger partial charge in [-0.15, -0.1) is 0 Å². The summed E-state index contributed by atoms with van der Waals surface area (Å²) in [7, 11) is 0. The standard InChI is InChI=1S/C12H24N2O3/c1-3-5-14(6-4-2)12(17)9-13-7-10(15)11(16)8-13/h10-11,15-16H,3-9H2,1-2H3/t10-,11+. The SMILES string of the molecule is CCCN(CCC)C(=O)CN1C[C@@H](O)[C@@H](O)C1. The van der Waals surface area contributed by atoms with Gasteiger partial charge in [0.05, 0.1) is 18.8 Å². The molecular formula is C12H24N2O3. The summed E-state index contributed by atoms with van der Waals surface area (Å²) in [4.78, 5) is 15.7. The van der Waals surface area contributed by atoms with Crippen molar-refractivity contribution in [1.82, 2.24) is 9.80 Å². The molecule has 0 aromatic rings. The Morgan fingerprint density at radius 2 is 1.65 bits per heavy atom. The van der Waals surface area contributed by atoms with Crippen LogP contribution in [0.3, 0.4) is 0 Å². The molecule has 1 aliphatic rings. The van der Waals surface area contributed by atoms with Gasteiger partial charge in [0.25, 0.3) is 0 Å². The van der Waals surface area contributed by atoms with Crippen molar-refractivity contribution in [1.29, 1.82) is 0 Å². The van der Waals surface area contributed by atoms with Crippen molar-refractivity contribution in [2.45, 2.75) is 38.9 Å². The maximum atomic E-state index is 12.0. The smallest absolute Gasteiger partial charge is 0.236 e. The number of aliphatic hydroxyl groups excluding tert-OH is 2. The Labute approximate surface area is 103 Å². The molecule has 2 N–H and O–H groups in total. The van der Waals surface area contributed by atoms with Gasteiger partial charge in [-0.25, -0.2) is 0 Å². The van der Waals surface area contributed by atoms with E-state index < -0.39 is 12.2 Å². The fourth-order valence-electron chi connectivity index (χ4n) is 2.17. The average molecular weight is 244 g/mol. The van der Waals surface area contributed by atoms with E-state index >= 15 is 0 Å². The molecule has 1 heterocycles. The Bertz CT molecular complexity index is 232. The summed E-state index contributed by atoms with van der Waals surface area (Å²) in [5.74, 6) is 0.0926. The van der Waals surface area contributed by atoms with Crippen molar-refractivity contribution in [3.05, 3.63) is 0 Å². The van der Waals surface area contributed by atoms with E-state index in [1.165, 1.54) is 0 Å². The van der Waals surface area contributed by atoms with Gasteiger partial charge in [-0.2, -0.15) is 0 Å². The molecule has 1 rings (SSSR count). The zero-order valence-electron chi connectivity index (χ0n) is 10.8. The summed E-state index contributed by atoms with van der Waals surface area (Å²) >= 11 is 0. The van der Waals surface area contributed by atoms with Crippen LogP contribution in [0.5, 0.6) is 0 Å². The van der Waals surface area contributed by atoms with Gasteiger partial charge in [0.15, 0.2) is 0 Å². The first-order valence-electron chi connectivity index (χ1n) is 6.44. The van der Waals surface area contributed by atoms with Gasteiger partial charge in [-0.3, -0.25) is 9.69 Å². The number of likely N-dealkylation sites (tertiary alicyclic amines) is 1. The number of nitrogens with zero attached hydrogens (tertiary/aromatic N) is 2. The molecule has 0 unspecified atom stereocenters. The lowest BCUT2D eigenvalue weighted by Gasteiger charge is -2.24. The molecule has 5 heteroatoms. The first kappa shape index (κ1) is 14.4. The number of rotatable bonds is 6. The van der Waals surface area contributed by atoms with Crippen LogP contribution in [0.15, 0.2) is 0 Å². The van der Waals surface area contributed by atoms with Crippen molar-refractivity contribution in [3.63, 3.8) is 0 Å². The Balaban J connectivity index is 2.41. The molecule has 0 spiro atoms. The van der Waals surface area contributed by atoms with E-state index in [1.807, 2.05) is 9.80 Å². The first-order valence-corrected chi connectivity index (χ1v) is 6.44. The molecule has 0 radical (unpaired) electrons. The average Bonchev–Trinajstić information content (AvgIpc) is 2.57. The third-order valence-corrected chi connectivity index (χ3v) is 3.03. The van der Waals surface area contributed by atoms with Crippen LogP contribution in [0.1, 0.15) is 26.7 Å². The lowest BCUT2D eigenvalue weighted by molar-refractivity contribution is -0.132. The summed E-state index contributed by atoms with van der Waals surface area (Å²) < 4.78 is 0. The highest BCUT2D eigenvalue weighted by atomic mass is 16.3. The summed E-state index contributed by atoms with van der Waals surface area (Å²) in [5, 5.41) is 18.8. The monoisotopic (exact) mass is 244 g/mol. The molecule has 100 valence electrons. The van der Waals surface area contributed by atoms with Gasteiger partial charge in [-0.05, 0) is 12.8 Å². The van der Waals surface area contributed by atoms with Crippen molar-refractivity contribution in [3.8, 4) is 0 Å². The molecule has 1 amide bonds. The van der Waals surface area contributed by atoms with Gasteiger partial charge in [0.1, 0.15) is 0 Å². The third kappa shape index (κ3) is 4.26.